The normalized spacial score (nSPS) is 42.7. The van der Waals surface area contributed by atoms with Gasteiger partial charge in [0.15, 0.2) is 5.78 Å². The third-order valence-electron chi connectivity index (χ3n) is 8.11. The SMILES string of the molecule is CC(=O)CC1=C=CC[C@H]2C3CCC4=CC(=O)CC[C@]4(C)[C@H]3CC[C@]12C. The molecule has 5 atom stereocenters. The molecular weight excluding hydrogens is 308 g/mol. The molecule has 25 heavy (non-hydrogen) atoms. The number of Topliss-reactive ketones (excluding diaryl/α,β-unsaturated/α-hetero) is 1. The van der Waals surface area contributed by atoms with Crippen molar-refractivity contribution >= 4 is 11.6 Å². The predicted molar refractivity (Wildman–Crippen MR) is 99.0 cm³/mol. The number of rotatable bonds is 2. The highest BCUT2D eigenvalue weighted by Crippen LogP contribution is 2.64. The molecule has 4 aliphatic rings. The fourth-order valence-corrected chi connectivity index (χ4v) is 6.66. The Morgan fingerprint density at radius 2 is 1.96 bits per heavy atom. The second-order valence-electron chi connectivity index (χ2n) is 9.37. The standard InChI is InChI=1S/C23H30O2/c1-15(24)13-16-5-4-6-20-19-8-7-17-14-18(25)9-11-22(17,2)21(19)10-12-23(16,20)3/h4,14,19-21H,6-13H2,1-3H3/t19?,20-,21-,22-,23+/m0/s1. The average molecular weight is 338 g/mol. The van der Waals surface area contributed by atoms with Crippen LogP contribution in [0, 0.1) is 28.6 Å². The Hall–Kier alpha value is -1.40. The maximum absolute atomic E-state index is 11.9. The molecule has 0 saturated heterocycles. The van der Waals surface area contributed by atoms with Gasteiger partial charge >= 0.3 is 0 Å². The van der Waals surface area contributed by atoms with Crippen molar-refractivity contribution in [3.8, 4) is 0 Å². The molecule has 1 unspecified atom stereocenters. The van der Waals surface area contributed by atoms with Crippen LogP contribution in [0.4, 0.5) is 0 Å². The van der Waals surface area contributed by atoms with Gasteiger partial charge in [-0.1, -0.05) is 19.4 Å². The van der Waals surface area contributed by atoms with E-state index in [4.69, 9.17) is 0 Å². The molecule has 0 aromatic carbocycles. The van der Waals surface area contributed by atoms with E-state index in [0.29, 0.717) is 24.0 Å². The summed E-state index contributed by atoms with van der Waals surface area (Å²) in [6.07, 6.45) is 12.3. The number of allylic oxidation sites excluding steroid dienone is 3. The first-order valence-corrected chi connectivity index (χ1v) is 10.0. The second kappa shape index (κ2) is 5.81. The van der Waals surface area contributed by atoms with Gasteiger partial charge in [0.05, 0.1) is 0 Å². The van der Waals surface area contributed by atoms with Crippen molar-refractivity contribution in [3.63, 3.8) is 0 Å². The van der Waals surface area contributed by atoms with Crippen molar-refractivity contribution in [1.29, 1.82) is 0 Å². The number of fused-ring (bicyclic) bond motifs is 5. The number of hydrogen-bond acceptors (Lipinski definition) is 2. The zero-order valence-electron chi connectivity index (χ0n) is 15.9. The molecule has 0 bridgehead atoms. The van der Waals surface area contributed by atoms with Crippen LogP contribution in [0.3, 0.4) is 0 Å². The Morgan fingerprint density at radius 1 is 1.16 bits per heavy atom. The lowest BCUT2D eigenvalue weighted by molar-refractivity contribution is -0.117. The largest absolute Gasteiger partial charge is 0.300 e. The molecule has 134 valence electrons. The highest BCUT2D eigenvalue weighted by Gasteiger charge is 2.56. The maximum atomic E-state index is 11.9. The van der Waals surface area contributed by atoms with Gasteiger partial charge in [-0.15, -0.1) is 5.73 Å². The van der Waals surface area contributed by atoms with Gasteiger partial charge in [-0.25, -0.2) is 0 Å². The van der Waals surface area contributed by atoms with Gasteiger partial charge in [0.25, 0.3) is 0 Å². The summed E-state index contributed by atoms with van der Waals surface area (Å²) in [7, 11) is 0. The lowest BCUT2D eigenvalue weighted by Crippen LogP contribution is -2.51. The van der Waals surface area contributed by atoms with E-state index >= 15 is 0 Å². The summed E-state index contributed by atoms with van der Waals surface area (Å²) in [6.45, 7) is 6.52. The zero-order valence-corrected chi connectivity index (χ0v) is 15.9. The molecule has 0 radical (unpaired) electrons. The first-order chi connectivity index (χ1) is 11.8. The summed E-state index contributed by atoms with van der Waals surface area (Å²) >= 11 is 0. The molecule has 0 N–H and O–H groups in total. The third-order valence-corrected chi connectivity index (χ3v) is 8.11. The van der Waals surface area contributed by atoms with E-state index in [2.05, 4.69) is 25.7 Å². The third kappa shape index (κ3) is 2.53. The monoisotopic (exact) mass is 338 g/mol. The molecule has 0 spiro atoms. The molecule has 0 aromatic rings. The minimum absolute atomic E-state index is 0.143. The number of carbonyl (C=O) groups excluding carboxylic acids is 2. The molecule has 4 aliphatic carbocycles. The fourth-order valence-electron chi connectivity index (χ4n) is 6.66. The molecule has 2 heteroatoms. The summed E-state index contributed by atoms with van der Waals surface area (Å²) in [5.41, 5.74) is 6.52. The highest BCUT2D eigenvalue weighted by molar-refractivity contribution is 5.91. The summed E-state index contributed by atoms with van der Waals surface area (Å²) in [5, 5.41) is 0. The first kappa shape index (κ1) is 17.0. The smallest absolute Gasteiger partial charge is 0.155 e. The molecule has 4 rings (SSSR count). The molecule has 0 aromatic heterocycles. The van der Waals surface area contributed by atoms with E-state index in [1.807, 2.05) is 6.08 Å². The topological polar surface area (TPSA) is 34.1 Å². The summed E-state index contributed by atoms with van der Waals surface area (Å²) in [4.78, 5) is 23.7. The fraction of sp³-hybridized carbons (Fsp3) is 0.696. The predicted octanol–water partition coefficient (Wildman–Crippen LogP) is 5.19. The van der Waals surface area contributed by atoms with E-state index < -0.39 is 0 Å². The van der Waals surface area contributed by atoms with Gasteiger partial charge < -0.3 is 0 Å². The van der Waals surface area contributed by atoms with E-state index in [0.717, 1.165) is 31.6 Å². The van der Waals surface area contributed by atoms with Crippen LogP contribution in [0.25, 0.3) is 0 Å². The van der Waals surface area contributed by atoms with Crippen molar-refractivity contribution in [2.75, 3.05) is 0 Å². The van der Waals surface area contributed by atoms with Gasteiger partial charge in [0.1, 0.15) is 5.78 Å². The summed E-state index contributed by atoms with van der Waals surface area (Å²) in [5.74, 6) is 2.64. The van der Waals surface area contributed by atoms with Crippen LogP contribution in [-0.4, -0.2) is 11.6 Å². The second-order valence-corrected chi connectivity index (χ2v) is 9.37. The van der Waals surface area contributed by atoms with Gasteiger partial charge in [0.2, 0.25) is 0 Å². The Balaban J connectivity index is 1.67. The van der Waals surface area contributed by atoms with Gasteiger partial charge in [0, 0.05) is 12.8 Å². The Morgan fingerprint density at radius 3 is 2.72 bits per heavy atom. The van der Waals surface area contributed by atoms with Gasteiger partial charge in [-0.3, -0.25) is 9.59 Å². The summed E-state index contributed by atoms with van der Waals surface area (Å²) in [6, 6.07) is 0. The molecule has 0 heterocycles. The first-order valence-electron chi connectivity index (χ1n) is 10.0. The maximum Gasteiger partial charge on any atom is 0.155 e. The minimum Gasteiger partial charge on any atom is -0.300 e. The lowest BCUT2D eigenvalue weighted by Gasteiger charge is -2.59. The van der Waals surface area contributed by atoms with Crippen LogP contribution in [0.2, 0.25) is 0 Å². The molecule has 2 saturated carbocycles. The van der Waals surface area contributed by atoms with Crippen molar-refractivity contribution in [3.05, 3.63) is 29.0 Å². The average Bonchev–Trinajstić information content (AvgIpc) is 2.55. The van der Waals surface area contributed by atoms with Crippen LogP contribution in [0.1, 0.15) is 72.1 Å². The molecule has 2 nitrogen and oxygen atoms in total. The van der Waals surface area contributed by atoms with Crippen molar-refractivity contribution in [1.82, 2.24) is 0 Å². The van der Waals surface area contributed by atoms with Crippen LogP contribution >= 0.6 is 0 Å². The van der Waals surface area contributed by atoms with Crippen LogP contribution < -0.4 is 0 Å². The summed E-state index contributed by atoms with van der Waals surface area (Å²) < 4.78 is 0. The van der Waals surface area contributed by atoms with Gasteiger partial charge in [-0.2, -0.15) is 0 Å². The van der Waals surface area contributed by atoms with Crippen molar-refractivity contribution in [2.24, 2.45) is 28.6 Å². The van der Waals surface area contributed by atoms with E-state index in [1.54, 1.807) is 6.92 Å². The van der Waals surface area contributed by atoms with Gasteiger partial charge in [-0.05, 0) is 91.8 Å². The molecule has 2 fully saturated rings. The van der Waals surface area contributed by atoms with Crippen LogP contribution in [-0.2, 0) is 9.59 Å². The van der Waals surface area contributed by atoms with Crippen molar-refractivity contribution in [2.45, 2.75) is 72.1 Å². The molecule has 0 aliphatic heterocycles. The number of ketones is 2. The number of carbonyl (C=O) groups is 2. The quantitative estimate of drug-likeness (QED) is 0.649. The molecule has 0 amide bonds. The Bertz CT molecular complexity index is 720. The minimum atomic E-state index is 0.143. The number of hydrogen-bond donors (Lipinski definition) is 0. The van der Waals surface area contributed by atoms with E-state index in [1.165, 1.54) is 30.4 Å². The van der Waals surface area contributed by atoms with E-state index in [-0.39, 0.29) is 16.6 Å². The van der Waals surface area contributed by atoms with E-state index in [9.17, 15) is 9.59 Å². The van der Waals surface area contributed by atoms with Crippen LogP contribution in [0.5, 0.6) is 0 Å². The van der Waals surface area contributed by atoms with Crippen molar-refractivity contribution < 1.29 is 9.59 Å². The lowest BCUT2D eigenvalue weighted by atomic mass is 9.45. The van der Waals surface area contributed by atoms with Crippen LogP contribution in [0.15, 0.2) is 29.0 Å². The molecular formula is C23H30O2. The zero-order chi connectivity index (χ0) is 17.8. The Labute approximate surface area is 151 Å². The highest BCUT2D eigenvalue weighted by atomic mass is 16.1. The Kier molecular flexibility index (Phi) is 3.96.